The van der Waals surface area contributed by atoms with Crippen LogP contribution in [0.4, 0.5) is 11.5 Å². The molecule has 5 aromatic carbocycles. The highest BCUT2D eigenvalue weighted by Gasteiger charge is 2.46. The second kappa shape index (κ2) is 16.2. The van der Waals surface area contributed by atoms with Gasteiger partial charge in [-0.2, -0.15) is 0 Å². The summed E-state index contributed by atoms with van der Waals surface area (Å²) in [6, 6.07) is 45.2. The monoisotopic (exact) mass is 823 g/mol. The van der Waals surface area contributed by atoms with E-state index >= 15 is 0 Å². The van der Waals surface area contributed by atoms with Crippen LogP contribution >= 0.6 is 15.9 Å². The van der Waals surface area contributed by atoms with E-state index in [1.165, 1.54) is 22.4 Å². The van der Waals surface area contributed by atoms with Crippen LogP contribution in [0.2, 0.25) is 0 Å². The van der Waals surface area contributed by atoms with Gasteiger partial charge in [-0.25, -0.2) is 4.98 Å². The first-order valence-corrected chi connectivity index (χ1v) is 20.9. The molecule has 2 aliphatic heterocycles. The number of aliphatic hydroxyl groups is 1. The van der Waals surface area contributed by atoms with Crippen LogP contribution in [0.5, 0.6) is 5.75 Å². The Morgan fingerprint density at radius 3 is 2.11 bits per heavy atom. The van der Waals surface area contributed by atoms with E-state index in [4.69, 9.17) is 14.5 Å². The van der Waals surface area contributed by atoms with Gasteiger partial charge >= 0.3 is 0 Å². The molecule has 0 spiro atoms. The minimum absolute atomic E-state index is 0.173. The molecule has 6 aromatic rings. The SMILES string of the molecule is COc1cccc(N2CCN(CC(O)COC3(C)c4ccccc4-c4c3c(N3CCN(C(c5ccccc5)c5ccccc5)CC3)nc3ccc(Br)cc43)CC2)c1. The molecule has 0 amide bonds. The number of aromatic nitrogens is 1. The molecule has 2 fully saturated rings. The van der Waals surface area contributed by atoms with E-state index in [0.717, 1.165) is 96.0 Å². The Labute approximate surface area is 344 Å². The quantitative estimate of drug-likeness (QED) is 0.140. The number of ether oxygens (including phenoxy) is 2. The van der Waals surface area contributed by atoms with Gasteiger partial charge in [-0.15, -0.1) is 0 Å². The number of rotatable bonds is 11. The summed E-state index contributed by atoms with van der Waals surface area (Å²) in [5, 5.41) is 12.7. The van der Waals surface area contributed by atoms with E-state index in [9.17, 15) is 5.11 Å². The lowest BCUT2D eigenvalue weighted by molar-refractivity contribution is -0.0556. The molecule has 0 radical (unpaired) electrons. The summed E-state index contributed by atoms with van der Waals surface area (Å²) in [7, 11) is 1.71. The molecule has 2 saturated heterocycles. The van der Waals surface area contributed by atoms with Gasteiger partial charge in [-0.1, -0.05) is 107 Å². The number of halogens is 1. The lowest BCUT2D eigenvalue weighted by Gasteiger charge is -2.42. The zero-order chi connectivity index (χ0) is 38.9. The molecule has 9 heteroatoms. The molecule has 3 aliphatic rings. The van der Waals surface area contributed by atoms with E-state index in [2.05, 4.69) is 158 Å². The molecule has 3 heterocycles. The first-order chi connectivity index (χ1) is 27.9. The van der Waals surface area contributed by atoms with Crippen molar-refractivity contribution in [2.45, 2.75) is 24.7 Å². The van der Waals surface area contributed by atoms with Crippen molar-refractivity contribution in [1.82, 2.24) is 14.8 Å². The van der Waals surface area contributed by atoms with Crippen LogP contribution in [0.1, 0.15) is 35.2 Å². The Kier molecular flexibility index (Phi) is 10.8. The van der Waals surface area contributed by atoms with E-state index in [-0.39, 0.29) is 12.6 Å². The van der Waals surface area contributed by atoms with Crippen molar-refractivity contribution in [2.75, 3.05) is 82.4 Å². The van der Waals surface area contributed by atoms with Crippen LogP contribution in [-0.4, -0.2) is 98.6 Å². The fraction of sp³-hybridized carbons (Fsp3) is 0.312. The van der Waals surface area contributed by atoms with E-state index < -0.39 is 11.7 Å². The minimum Gasteiger partial charge on any atom is -0.497 e. The zero-order valence-electron chi connectivity index (χ0n) is 32.7. The topological polar surface area (TPSA) is 64.5 Å². The van der Waals surface area contributed by atoms with Crippen molar-refractivity contribution in [3.63, 3.8) is 0 Å². The van der Waals surface area contributed by atoms with Gasteiger partial charge in [-0.05, 0) is 59.5 Å². The predicted octanol–water partition coefficient (Wildman–Crippen LogP) is 8.36. The Bertz CT molecular complexity index is 2290. The third-order valence-corrected chi connectivity index (χ3v) is 12.6. The fourth-order valence-electron chi connectivity index (χ4n) is 9.27. The average Bonchev–Trinajstić information content (AvgIpc) is 3.53. The van der Waals surface area contributed by atoms with Gasteiger partial charge in [0, 0.05) is 91.6 Å². The highest BCUT2D eigenvalue weighted by atomic mass is 79.9. The number of piperazine rings is 2. The van der Waals surface area contributed by atoms with Crippen molar-refractivity contribution in [3.05, 3.63) is 154 Å². The number of fused-ring (bicyclic) bond motifs is 5. The van der Waals surface area contributed by atoms with Gasteiger partial charge < -0.3 is 24.4 Å². The fourth-order valence-corrected chi connectivity index (χ4v) is 9.63. The molecule has 8 nitrogen and oxygen atoms in total. The van der Waals surface area contributed by atoms with Crippen molar-refractivity contribution < 1.29 is 14.6 Å². The van der Waals surface area contributed by atoms with Gasteiger partial charge in [0.2, 0.25) is 0 Å². The highest BCUT2D eigenvalue weighted by molar-refractivity contribution is 9.10. The molecule has 2 atom stereocenters. The molecule has 1 aliphatic carbocycles. The maximum absolute atomic E-state index is 11.6. The second-order valence-corrected chi connectivity index (χ2v) is 16.5. The van der Waals surface area contributed by atoms with Crippen molar-refractivity contribution in [3.8, 4) is 16.9 Å². The molecule has 9 rings (SSSR count). The molecule has 1 aromatic heterocycles. The smallest absolute Gasteiger partial charge is 0.136 e. The number of aliphatic hydroxyl groups excluding tert-OH is 1. The average molecular weight is 825 g/mol. The van der Waals surface area contributed by atoms with Crippen molar-refractivity contribution in [1.29, 1.82) is 0 Å². The summed E-state index contributed by atoms with van der Waals surface area (Å²) < 4.78 is 13.5. The summed E-state index contributed by atoms with van der Waals surface area (Å²) in [5.74, 6) is 1.84. The number of hydrogen-bond acceptors (Lipinski definition) is 8. The first-order valence-electron chi connectivity index (χ1n) is 20.2. The zero-order valence-corrected chi connectivity index (χ0v) is 34.3. The number of anilines is 2. The highest BCUT2D eigenvalue weighted by Crippen LogP contribution is 2.55. The van der Waals surface area contributed by atoms with Crippen molar-refractivity contribution in [2.24, 2.45) is 0 Å². The lowest BCUT2D eigenvalue weighted by Crippen LogP contribution is -2.49. The summed E-state index contributed by atoms with van der Waals surface area (Å²) in [6.07, 6.45) is -0.649. The largest absolute Gasteiger partial charge is 0.497 e. The second-order valence-electron chi connectivity index (χ2n) is 15.6. The lowest BCUT2D eigenvalue weighted by atomic mass is 9.92. The third-order valence-electron chi connectivity index (χ3n) is 12.1. The van der Waals surface area contributed by atoms with Gasteiger partial charge in [0.05, 0.1) is 31.4 Å². The van der Waals surface area contributed by atoms with Gasteiger partial charge in [0.15, 0.2) is 0 Å². The number of hydrogen-bond donors (Lipinski definition) is 1. The number of pyridine rings is 1. The minimum atomic E-state index is -0.815. The maximum Gasteiger partial charge on any atom is 0.136 e. The van der Waals surface area contributed by atoms with E-state index in [1.807, 2.05) is 12.1 Å². The summed E-state index contributed by atoms with van der Waals surface area (Å²) in [4.78, 5) is 15.3. The Morgan fingerprint density at radius 1 is 0.737 bits per heavy atom. The standard InChI is InChI=1S/C48H50BrN5O3/c1-48(57-33-38(55)32-51-22-24-52(25-23-51)37-16-11-17-39(31-37)56-2)42-19-10-9-18-40(42)44-41-30-36(49)20-21-43(41)50-47(45(44)48)54-28-26-53(27-29-54)46(34-12-5-3-6-13-34)35-14-7-4-8-15-35/h3-21,30-31,38,46,55H,22-29,32-33H2,1-2H3. The molecule has 2 unspecified atom stereocenters. The normalized spacial score (nSPS) is 19.2. The summed E-state index contributed by atoms with van der Waals surface area (Å²) in [5.41, 5.74) is 8.47. The molecule has 0 saturated carbocycles. The Morgan fingerprint density at radius 2 is 1.40 bits per heavy atom. The molecule has 292 valence electrons. The molecule has 1 N–H and O–H groups in total. The van der Waals surface area contributed by atoms with Crippen LogP contribution < -0.4 is 14.5 Å². The van der Waals surface area contributed by atoms with Crippen molar-refractivity contribution >= 4 is 38.3 Å². The summed E-state index contributed by atoms with van der Waals surface area (Å²) in [6.45, 7) is 9.89. The third kappa shape index (κ3) is 7.43. The van der Waals surface area contributed by atoms with Crippen LogP contribution in [-0.2, 0) is 10.3 Å². The number of benzene rings is 5. The predicted molar refractivity (Wildman–Crippen MR) is 233 cm³/mol. The van der Waals surface area contributed by atoms with Gasteiger partial charge in [0.1, 0.15) is 17.2 Å². The van der Waals surface area contributed by atoms with Gasteiger partial charge in [-0.3, -0.25) is 9.80 Å². The van der Waals surface area contributed by atoms with Crippen LogP contribution in [0.15, 0.2) is 132 Å². The van der Waals surface area contributed by atoms with Crippen LogP contribution in [0, 0.1) is 0 Å². The number of nitrogens with zero attached hydrogens (tertiary/aromatic N) is 5. The maximum atomic E-state index is 11.6. The Hall–Kier alpha value is -4.77. The Balaban J connectivity index is 0.981. The van der Waals surface area contributed by atoms with Gasteiger partial charge in [0.25, 0.3) is 0 Å². The van der Waals surface area contributed by atoms with Crippen LogP contribution in [0.25, 0.3) is 22.0 Å². The number of methoxy groups -OCH3 is 1. The van der Waals surface area contributed by atoms with E-state index in [1.54, 1.807) is 7.11 Å². The first kappa shape index (κ1) is 37.8. The molecular formula is C48H50BrN5O3. The molecular weight excluding hydrogens is 774 g/mol. The van der Waals surface area contributed by atoms with E-state index in [0.29, 0.717) is 6.54 Å². The molecule has 57 heavy (non-hydrogen) atoms. The molecule has 0 bridgehead atoms. The summed E-state index contributed by atoms with van der Waals surface area (Å²) >= 11 is 3.76. The number of β-amino-alcohol motifs (C(OH)–C–C–N with tert-alkyl or cyclic N) is 1. The van der Waals surface area contributed by atoms with Crippen LogP contribution in [0.3, 0.4) is 0 Å².